The fraction of sp³-hybridized carbons (Fsp3) is 0.105. The van der Waals surface area contributed by atoms with Gasteiger partial charge in [0.15, 0.2) is 0 Å². The molecule has 0 fully saturated rings. The molecule has 0 spiro atoms. The molecule has 1 amide bonds. The molecule has 0 bridgehead atoms. The SMILES string of the molecule is CCc1cc(C(=O)Nc2cnc3[nH]c(-c4ccc(F)cc4)cc3c2)[nH]n1. The minimum absolute atomic E-state index is 0.271. The molecule has 7 heteroatoms. The zero-order valence-electron chi connectivity index (χ0n) is 14.0. The molecule has 26 heavy (non-hydrogen) atoms. The zero-order chi connectivity index (χ0) is 18.1. The molecule has 0 aliphatic heterocycles. The first-order valence-corrected chi connectivity index (χ1v) is 8.22. The normalized spacial score (nSPS) is 11.0. The highest BCUT2D eigenvalue weighted by molar-refractivity contribution is 6.03. The molecule has 3 aromatic heterocycles. The van der Waals surface area contributed by atoms with Gasteiger partial charge in [-0.05, 0) is 54.4 Å². The van der Waals surface area contributed by atoms with E-state index in [9.17, 15) is 9.18 Å². The summed E-state index contributed by atoms with van der Waals surface area (Å²) in [4.78, 5) is 19.8. The Bertz CT molecular complexity index is 1080. The van der Waals surface area contributed by atoms with Gasteiger partial charge in [0.25, 0.3) is 5.91 Å². The Hall–Kier alpha value is -3.48. The van der Waals surface area contributed by atoms with Crippen LogP contribution in [0.1, 0.15) is 23.1 Å². The lowest BCUT2D eigenvalue weighted by atomic mass is 10.1. The Balaban J connectivity index is 1.59. The van der Waals surface area contributed by atoms with E-state index in [0.29, 0.717) is 17.0 Å². The number of fused-ring (bicyclic) bond motifs is 1. The predicted octanol–water partition coefficient (Wildman–Crippen LogP) is 3.91. The molecule has 0 saturated heterocycles. The second-order valence-corrected chi connectivity index (χ2v) is 5.93. The number of carbonyl (C=O) groups excluding carboxylic acids is 1. The van der Waals surface area contributed by atoms with Crippen molar-refractivity contribution in [2.45, 2.75) is 13.3 Å². The molecule has 1 aromatic carbocycles. The number of anilines is 1. The Morgan fingerprint density at radius 2 is 2.00 bits per heavy atom. The second kappa shape index (κ2) is 6.44. The van der Waals surface area contributed by atoms with Gasteiger partial charge in [-0.25, -0.2) is 9.37 Å². The van der Waals surface area contributed by atoms with E-state index in [1.54, 1.807) is 24.4 Å². The summed E-state index contributed by atoms with van der Waals surface area (Å²) in [5.74, 6) is -0.550. The number of pyridine rings is 1. The number of nitrogens with zero attached hydrogens (tertiary/aromatic N) is 2. The van der Waals surface area contributed by atoms with E-state index in [-0.39, 0.29) is 11.7 Å². The van der Waals surface area contributed by atoms with Crippen molar-refractivity contribution < 1.29 is 9.18 Å². The van der Waals surface area contributed by atoms with Crippen molar-refractivity contribution in [3.8, 4) is 11.3 Å². The van der Waals surface area contributed by atoms with Crippen molar-refractivity contribution >= 4 is 22.6 Å². The van der Waals surface area contributed by atoms with Gasteiger partial charge in [0.2, 0.25) is 0 Å². The van der Waals surface area contributed by atoms with Gasteiger partial charge in [0.1, 0.15) is 17.2 Å². The monoisotopic (exact) mass is 349 g/mol. The van der Waals surface area contributed by atoms with Crippen LogP contribution >= 0.6 is 0 Å². The lowest BCUT2D eigenvalue weighted by Crippen LogP contribution is -2.12. The molecule has 4 rings (SSSR count). The molecule has 0 atom stereocenters. The molecule has 4 aromatic rings. The van der Waals surface area contributed by atoms with Gasteiger partial charge < -0.3 is 10.3 Å². The number of aryl methyl sites for hydroxylation is 1. The minimum Gasteiger partial charge on any atom is -0.339 e. The predicted molar refractivity (Wildman–Crippen MR) is 97.4 cm³/mol. The first-order valence-electron chi connectivity index (χ1n) is 8.22. The molecule has 0 unspecified atom stereocenters. The van der Waals surface area contributed by atoms with E-state index in [1.165, 1.54) is 12.1 Å². The highest BCUT2D eigenvalue weighted by Gasteiger charge is 2.11. The lowest BCUT2D eigenvalue weighted by Gasteiger charge is -2.02. The Morgan fingerprint density at radius 3 is 2.73 bits per heavy atom. The number of H-pyrrole nitrogens is 2. The van der Waals surface area contributed by atoms with Crippen LogP contribution < -0.4 is 5.32 Å². The van der Waals surface area contributed by atoms with Gasteiger partial charge in [0, 0.05) is 11.1 Å². The number of halogens is 1. The van der Waals surface area contributed by atoms with Crippen LogP contribution in [0.2, 0.25) is 0 Å². The fourth-order valence-electron chi connectivity index (χ4n) is 2.73. The Labute approximate surface area is 148 Å². The first-order chi connectivity index (χ1) is 12.6. The van der Waals surface area contributed by atoms with Crippen LogP contribution in [0.3, 0.4) is 0 Å². The zero-order valence-corrected chi connectivity index (χ0v) is 14.0. The van der Waals surface area contributed by atoms with Crippen molar-refractivity contribution in [2.75, 3.05) is 5.32 Å². The third kappa shape index (κ3) is 3.06. The number of aromatic amines is 2. The smallest absolute Gasteiger partial charge is 0.273 e. The van der Waals surface area contributed by atoms with Gasteiger partial charge in [-0.15, -0.1) is 0 Å². The molecule has 3 N–H and O–H groups in total. The second-order valence-electron chi connectivity index (χ2n) is 5.93. The number of hydrogen-bond acceptors (Lipinski definition) is 3. The van der Waals surface area contributed by atoms with Gasteiger partial charge in [0.05, 0.1) is 17.6 Å². The van der Waals surface area contributed by atoms with Crippen LogP contribution in [-0.2, 0) is 6.42 Å². The van der Waals surface area contributed by atoms with Crippen molar-refractivity contribution in [1.82, 2.24) is 20.2 Å². The van der Waals surface area contributed by atoms with Gasteiger partial charge in [-0.3, -0.25) is 9.89 Å². The maximum atomic E-state index is 13.1. The van der Waals surface area contributed by atoms with Crippen LogP contribution in [0.15, 0.2) is 48.7 Å². The topological polar surface area (TPSA) is 86.5 Å². The molecule has 3 heterocycles. The summed E-state index contributed by atoms with van der Waals surface area (Å²) in [6, 6.07) is 11.7. The molecule has 0 aliphatic rings. The van der Waals surface area contributed by atoms with Gasteiger partial charge >= 0.3 is 0 Å². The maximum Gasteiger partial charge on any atom is 0.273 e. The van der Waals surface area contributed by atoms with E-state index < -0.39 is 0 Å². The van der Waals surface area contributed by atoms with Crippen molar-refractivity contribution in [1.29, 1.82) is 0 Å². The van der Waals surface area contributed by atoms with Crippen molar-refractivity contribution in [2.24, 2.45) is 0 Å². The van der Waals surface area contributed by atoms with Crippen molar-refractivity contribution in [3.63, 3.8) is 0 Å². The lowest BCUT2D eigenvalue weighted by molar-refractivity contribution is 0.102. The summed E-state index contributed by atoms with van der Waals surface area (Å²) >= 11 is 0. The summed E-state index contributed by atoms with van der Waals surface area (Å²) < 4.78 is 13.1. The number of carbonyl (C=O) groups is 1. The third-order valence-electron chi connectivity index (χ3n) is 4.12. The van der Waals surface area contributed by atoms with E-state index in [0.717, 1.165) is 28.8 Å². The van der Waals surface area contributed by atoms with E-state index in [2.05, 4.69) is 25.5 Å². The Morgan fingerprint density at radius 1 is 1.19 bits per heavy atom. The van der Waals surface area contributed by atoms with Crippen LogP contribution in [0.25, 0.3) is 22.3 Å². The van der Waals surface area contributed by atoms with E-state index in [1.807, 2.05) is 19.1 Å². The quantitative estimate of drug-likeness (QED) is 0.522. The maximum absolute atomic E-state index is 13.1. The summed E-state index contributed by atoms with van der Waals surface area (Å²) in [6.45, 7) is 1.97. The van der Waals surface area contributed by atoms with Crippen LogP contribution in [-0.4, -0.2) is 26.1 Å². The molecular formula is C19H16FN5O. The largest absolute Gasteiger partial charge is 0.339 e. The molecule has 0 saturated carbocycles. The highest BCUT2D eigenvalue weighted by Crippen LogP contribution is 2.25. The number of aromatic nitrogens is 4. The van der Waals surface area contributed by atoms with Crippen molar-refractivity contribution in [3.05, 3.63) is 65.9 Å². The summed E-state index contributed by atoms with van der Waals surface area (Å²) in [5, 5.41) is 10.4. The molecular weight excluding hydrogens is 333 g/mol. The van der Waals surface area contributed by atoms with E-state index >= 15 is 0 Å². The number of benzene rings is 1. The van der Waals surface area contributed by atoms with Crippen LogP contribution in [0.5, 0.6) is 0 Å². The summed E-state index contributed by atoms with van der Waals surface area (Å²) in [5.41, 5.74) is 4.20. The molecule has 6 nitrogen and oxygen atoms in total. The first kappa shape index (κ1) is 16.0. The van der Waals surface area contributed by atoms with Gasteiger partial charge in [-0.2, -0.15) is 5.10 Å². The standard InChI is InChI=1S/C19H16FN5O/c1-2-14-9-17(25-24-14)19(26)22-15-7-12-8-16(23-18(12)21-10-15)11-3-5-13(20)6-4-11/h3-10H,2H2,1H3,(H,21,23)(H,22,26)(H,24,25). The summed E-state index contributed by atoms with van der Waals surface area (Å²) in [7, 11) is 0. The minimum atomic E-state index is -0.280. The third-order valence-corrected chi connectivity index (χ3v) is 4.12. The number of hydrogen-bond donors (Lipinski definition) is 3. The summed E-state index contributed by atoms with van der Waals surface area (Å²) in [6.07, 6.45) is 2.34. The Kier molecular flexibility index (Phi) is 3.96. The van der Waals surface area contributed by atoms with E-state index in [4.69, 9.17) is 0 Å². The average Bonchev–Trinajstić information content (AvgIpc) is 3.29. The number of amides is 1. The van der Waals surface area contributed by atoms with Crippen LogP contribution in [0, 0.1) is 5.82 Å². The molecule has 0 radical (unpaired) electrons. The average molecular weight is 349 g/mol. The molecule has 130 valence electrons. The van der Waals surface area contributed by atoms with Crippen LogP contribution in [0.4, 0.5) is 10.1 Å². The number of rotatable bonds is 4. The fourth-order valence-corrected chi connectivity index (χ4v) is 2.73. The van der Waals surface area contributed by atoms with Gasteiger partial charge in [-0.1, -0.05) is 6.92 Å². The number of nitrogens with one attached hydrogen (secondary N) is 3. The highest BCUT2D eigenvalue weighted by atomic mass is 19.1. The molecule has 0 aliphatic carbocycles.